The summed E-state index contributed by atoms with van der Waals surface area (Å²) in [6, 6.07) is 18.1. The van der Waals surface area contributed by atoms with E-state index in [9.17, 15) is 4.79 Å². The number of carbonyl (C=O) groups is 1. The van der Waals surface area contributed by atoms with Crippen LogP contribution in [0.4, 0.5) is 0 Å². The zero-order chi connectivity index (χ0) is 21.8. The molecule has 0 unspecified atom stereocenters. The van der Waals surface area contributed by atoms with Gasteiger partial charge in [-0.3, -0.25) is 4.79 Å². The van der Waals surface area contributed by atoms with Crippen LogP contribution in [0.2, 0.25) is 5.02 Å². The lowest BCUT2D eigenvalue weighted by molar-refractivity contribution is -0.131. The molecule has 1 amide bonds. The molecule has 162 valence electrons. The smallest absolute Gasteiger partial charge is 0.233 e. The maximum atomic E-state index is 13.2. The summed E-state index contributed by atoms with van der Waals surface area (Å²) in [6.45, 7) is 5.60. The van der Waals surface area contributed by atoms with Crippen LogP contribution in [0.15, 0.2) is 59.8 Å². The van der Waals surface area contributed by atoms with Gasteiger partial charge in [0.25, 0.3) is 0 Å². The Morgan fingerprint density at radius 1 is 1.19 bits per heavy atom. The second kappa shape index (κ2) is 9.88. The molecule has 0 radical (unpaired) electrons. The van der Waals surface area contributed by atoms with Crippen molar-refractivity contribution in [3.05, 3.63) is 65.2 Å². The fraction of sp³-hybridized carbons (Fsp3) is 0.375. The minimum absolute atomic E-state index is 0.142. The Kier molecular flexibility index (Phi) is 6.98. The number of benzene rings is 2. The highest BCUT2D eigenvalue weighted by atomic mass is 35.5. The molecule has 7 heteroatoms. The molecular weight excluding hydrogens is 428 g/mol. The van der Waals surface area contributed by atoms with Gasteiger partial charge >= 0.3 is 0 Å². The average Bonchev–Trinajstić information content (AvgIpc) is 3.55. The van der Waals surface area contributed by atoms with Gasteiger partial charge in [-0.2, -0.15) is 0 Å². The third kappa shape index (κ3) is 5.31. The van der Waals surface area contributed by atoms with E-state index in [-0.39, 0.29) is 11.9 Å². The number of rotatable bonds is 9. The summed E-state index contributed by atoms with van der Waals surface area (Å²) < 4.78 is 2.04. The quantitative estimate of drug-likeness (QED) is 0.398. The minimum atomic E-state index is 0.142. The van der Waals surface area contributed by atoms with E-state index in [4.69, 9.17) is 11.6 Å². The van der Waals surface area contributed by atoms with Crippen LogP contribution < -0.4 is 0 Å². The molecule has 2 aromatic carbocycles. The minimum Gasteiger partial charge on any atom is -0.335 e. The first-order valence-electron chi connectivity index (χ1n) is 10.7. The van der Waals surface area contributed by atoms with Crippen LogP contribution in [0.1, 0.15) is 32.3 Å². The van der Waals surface area contributed by atoms with Crippen molar-refractivity contribution in [3.63, 3.8) is 0 Å². The average molecular weight is 455 g/mol. The molecule has 4 rings (SSSR count). The molecule has 1 saturated carbocycles. The van der Waals surface area contributed by atoms with E-state index < -0.39 is 0 Å². The topological polar surface area (TPSA) is 51.0 Å². The fourth-order valence-corrected chi connectivity index (χ4v) is 4.88. The van der Waals surface area contributed by atoms with Gasteiger partial charge in [-0.1, -0.05) is 65.8 Å². The molecule has 1 fully saturated rings. The monoisotopic (exact) mass is 454 g/mol. The lowest BCUT2D eigenvalue weighted by Gasteiger charge is -2.29. The standard InChI is InChI=1S/C24H27ClN4OS/c1-3-28-23(20-10-7-11-21(25)14-20)26-27-24(28)31-16-22(30)29(17(2)19-12-13-19)15-18-8-5-4-6-9-18/h4-11,14,17,19H,3,12-13,15-16H2,1-2H3/t17-/m0/s1. The number of aromatic nitrogens is 3. The van der Waals surface area contributed by atoms with Gasteiger partial charge in [-0.15, -0.1) is 10.2 Å². The van der Waals surface area contributed by atoms with E-state index in [1.165, 1.54) is 24.6 Å². The number of nitrogens with zero attached hydrogens (tertiary/aromatic N) is 4. The molecule has 1 heterocycles. The van der Waals surface area contributed by atoms with Crippen LogP contribution in [0, 0.1) is 5.92 Å². The van der Waals surface area contributed by atoms with Crippen LogP contribution in [-0.2, 0) is 17.9 Å². The largest absolute Gasteiger partial charge is 0.335 e. The predicted octanol–water partition coefficient (Wildman–Crippen LogP) is 5.54. The Bertz CT molecular complexity index is 1040. The number of amides is 1. The summed E-state index contributed by atoms with van der Waals surface area (Å²) in [7, 11) is 0. The summed E-state index contributed by atoms with van der Waals surface area (Å²) in [4.78, 5) is 15.3. The van der Waals surface area contributed by atoms with Crippen molar-refractivity contribution in [2.24, 2.45) is 5.92 Å². The molecule has 0 saturated heterocycles. The molecule has 0 spiro atoms. The second-order valence-electron chi connectivity index (χ2n) is 7.93. The van der Waals surface area contributed by atoms with Gasteiger partial charge in [0.1, 0.15) is 0 Å². The molecule has 1 aliphatic rings. The normalized spacial score (nSPS) is 14.4. The molecule has 1 aliphatic carbocycles. The van der Waals surface area contributed by atoms with E-state index in [1.54, 1.807) is 0 Å². The van der Waals surface area contributed by atoms with Gasteiger partial charge in [0.05, 0.1) is 5.75 Å². The van der Waals surface area contributed by atoms with Crippen molar-refractivity contribution in [2.45, 2.75) is 51.0 Å². The first-order valence-corrected chi connectivity index (χ1v) is 12.1. The van der Waals surface area contributed by atoms with Crippen molar-refractivity contribution in [3.8, 4) is 11.4 Å². The Labute approximate surface area is 192 Å². The Balaban J connectivity index is 1.48. The lowest BCUT2D eigenvalue weighted by atomic mass is 10.1. The zero-order valence-electron chi connectivity index (χ0n) is 17.9. The van der Waals surface area contributed by atoms with Crippen molar-refractivity contribution in [1.29, 1.82) is 0 Å². The molecule has 31 heavy (non-hydrogen) atoms. The maximum Gasteiger partial charge on any atom is 0.233 e. The summed E-state index contributed by atoms with van der Waals surface area (Å²) in [5.41, 5.74) is 2.08. The van der Waals surface area contributed by atoms with E-state index in [0.29, 0.717) is 23.2 Å². The van der Waals surface area contributed by atoms with Gasteiger partial charge < -0.3 is 9.47 Å². The molecule has 1 aromatic heterocycles. The first kappa shape index (κ1) is 21.9. The number of carbonyl (C=O) groups excluding carboxylic acids is 1. The van der Waals surface area contributed by atoms with Crippen LogP contribution in [0.5, 0.6) is 0 Å². The molecule has 1 atom stereocenters. The molecule has 0 aliphatic heterocycles. The van der Waals surface area contributed by atoms with Crippen molar-refractivity contribution in [2.75, 3.05) is 5.75 Å². The van der Waals surface area contributed by atoms with E-state index >= 15 is 0 Å². The number of halogens is 1. The third-order valence-corrected chi connectivity index (χ3v) is 6.94. The number of hydrogen-bond acceptors (Lipinski definition) is 4. The third-order valence-electron chi connectivity index (χ3n) is 5.75. The van der Waals surface area contributed by atoms with Crippen LogP contribution in [-0.4, -0.2) is 37.4 Å². The van der Waals surface area contributed by atoms with Gasteiger partial charge in [0.15, 0.2) is 11.0 Å². The highest BCUT2D eigenvalue weighted by Crippen LogP contribution is 2.36. The number of hydrogen-bond donors (Lipinski definition) is 0. The van der Waals surface area contributed by atoms with Crippen LogP contribution in [0.25, 0.3) is 11.4 Å². The zero-order valence-corrected chi connectivity index (χ0v) is 19.4. The lowest BCUT2D eigenvalue weighted by Crippen LogP contribution is -2.40. The van der Waals surface area contributed by atoms with E-state index in [0.717, 1.165) is 28.7 Å². The van der Waals surface area contributed by atoms with Crippen molar-refractivity contribution >= 4 is 29.3 Å². The summed E-state index contributed by atoms with van der Waals surface area (Å²) in [5.74, 6) is 1.87. The number of thioether (sulfide) groups is 1. The van der Waals surface area contributed by atoms with Crippen molar-refractivity contribution < 1.29 is 4.79 Å². The Morgan fingerprint density at radius 3 is 2.65 bits per heavy atom. The SMILES string of the molecule is CCn1c(SCC(=O)N(Cc2ccccc2)[C@@H](C)C2CC2)nnc1-c1cccc(Cl)c1. The molecule has 5 nitrogen and oxygen atoms in total. The predicted molar refractivity (Wildman–Crippen MR) is 126 cm³/mol. The molecule has 0 N–H and O–H groups in total. The van der Waals surface area contributed by atoms with Gasteiger partial charge in [0, 0.05) is 29.7 Å². The second-order valence-corrected chi connectivity index (χ2v) is 9.31. The summed E-state index contributed by atoms with van der Waals surface area (Å²) in [5, 5.41) is 10.2. The van der Waals surface area contributed by atoms with E-state index in [2.05, 4.69) is 36.2 Å². The Morgan fingerprint density at radius 2 is 1.97 bits per heavy atom. The molecule has 3 aromatic rings. The van der Waals surface area contributed by atoms with Crippen LogP contribution >= 0.6 is 23.4 Å². The summed E-state index contributed by atoms with van der Waals surface area (Å²) in [6.07, 6.45) is 2.42. The first-order chi connectivity index (χ1) is 15.1. The van der Waals surface area contributed by atoms with Crippen molar-refractivity contribution in [1.82, 2.24) is 19.7 Å². The van der Waals surface area contributed by atoms with Gasteiger partial charge in [-0.05, 0) is 50.3 Å². The van der Waals surface area contributed by atoms with Gasteiger partial charge in [0.2, 0.25) is 5.91 Å². The summed E-state index contributed by atoms with van der Waals surface area (Å²) >= 11 is 7.60. The highest BCUT2D eigenvalue weighted by Gasteiger charge is 2.34. The Hall–Kier alpha value is -2.31. The van der Waals surface area contributed by atoms with Gasteiger partial charge in [-0.25, -0.2) is 0 Å². The maximum absolute atomic E-state index is 13.2. The highest BCUT2D eigenvalue weighted by molar-refractivity contribution is 7.99. The molecular formula is C24H27ClN4OS. The van der Waals surface area contributed by atoms with E-state index in [1.807, 2.05) is 51.9 Å². The fourth-order valence-electron chi connectivity index (χ4n) is 3.80. The van der Waals surface area contributed by atoms with Crippen LogP contribution in [0.3, 0.4) is 0 Å². The molecule has 0 bridgehead atoms.